The summed E-state index contributed by atoms with van der Waals surface area (Å²) in [5.41, 5.74) is 0.543. The molecule has 1 aromatic heterocycles. The van der Waals surface area contributed by atoms with Gasteiger partial charge in [0.15, 0.2) is 6.04 Å². The average molecular weight is 424 g/mol. The number of rotatable bonds is 3. The molecule has 0 saturated carbocycles. The molecular weight excluding hydrogens is 400 g/mol. The second kappa shape index (κ2) is 7.92. The number of amides is 1. The van der Waals surface area contributed by atoms with Gasteiger partial charge in [0, 0.05) is 31.1 Å². The van der Waals surface area contributed by atoms with Gasteiger partial charge in [-0.15, -0.1) is 0 Å². The van der Waals surface area contributed by atoms with Crippen molar-refractivity contribution in [3.05, 3.63) is 47.4 Å². The summed E-state index contributed by atoms with van der Waals surface area (Å²) < 4.78 is 55.9. The number of hydrogen-bond acceptors (Lipinski definition) is 3. The molecule has 1 saturated heterocycles. The minimum atomic E-state index is -4.38. The number of carbonyl (C=O) groups excluding carboxylic acids is 1. The predicted molar refractivity (Wildman–Crippen MR) is 104 cm³/mol. The molecule has 1 aromatic carbocycles. The third-order valence-corrected chi connectivity index (χ3v) is 6.01. The lowest BCUT2D eigenvalue weighted by Crippen LogP contribution is -2.40. The van der Waals surface area contributed by atoms with Crippen molar-refractivity contribution in [2.45, 2.75) is 56.8 Å². The van der Waals surface area contributed by atoms with E-state index < -0.39 is 23.9 Å². The van der Waals surface area contributed by atoms with E-state index >= 15 is 0 Å². The van der Waals surface area contributed by atoms with Gasteiger partial charge in [0.1, 0.15) is 11.6 Å². The molecule has 2 aliphatic heterocycles. The third kappa shape index (κ3) is 3.89. The first kappa shape index (κ1) is 20.7. The number of hydrogen-bond donors (Lipinski definition) is 1. The van der Waals surface area contributed by atoms with Crippen LogP contribution in [-0.2, 0) is 0 Å². The zero-order valence-corrected chi connectivity index (χ0v) is 16.6. The molecule has 5 nitrogen and oxygen atoms in total. The van der Waals surface area contributed by atoms with Crippen molar-refractivity contribution < 1.29 is 22.4 Å². The van der Waals surface area contributed by atoms with Crippen molar-refractivity contribution in [3.8, 4) is 0 Å². The molecule has 9 heteroatoms. The molecule has 4 rings (SSSR count). The van der Waals surface area contributed by atoms with E-state index in [-0.39, 0.29) is 23.9 Å². The maximum absolute atomic E-state index is 14.0. The van der Waals surface area contributed by atoms with Crippen LogP contribution in [0.25, 0.3) is 0 Å². The smallest absolute Gasteiger partial charge is 0.367 e. The van der Waals surface area contributed by atoms with Crippen molar-refractivity contribution >= 4 is 11.7 Å². The standard InChI is InChI=1S/C21H24F4N4O/c1-2-14-10-18(21(23,24)25)29-19(26-14)11-17(27-29)13-6-5-9-28(12-13)20(30)15-7-3-4-8-16(15)22/h3-4,7-8,11,13-14,18,26H,2,5-6,9-10,12H2,1H3/t13-,14+,18+/m0/s1. The molecule has 1 N–H and O–H groups in total. The Balaban J connectivity index is 1.57. The summed E-state index contributed by atoms with van der Waals surface area (Å²) >= 11 is 0. The van der Waals surface area contributed by atoms with Crippen molar-refractivity contribution in [3.63, 3.8) is 0 Å². The van der Waals surface area contributed by atoms with Gasteiger partial charge >= 0.3 is 6.18 Å². The Morgan fingerprint density at radius 1 is 1.30 bits per heavy atom. The van der Waals surface area contributed by atoms with Crippen LogP contribution < -0.4 is 5.32 Å². The van der Waals surface area contributed by atoms with Crippen LogP contribution in [0.3, 0.4) is 0 Å². The fraction of sp³-hybridized carbons (Fsp3) is 0.524. The Morgan fingerprint density at radius 2 is 2.07 bits per heavy atom. The van der Waals surface area contributed by atoms with Crippen molar-refractivity contribution in [1.29, 1.82) is 0 Å². The van der Waals surface area contributed by atoms with E-state index in [2.05, 4.69) is 10.4 Å². The summed E-state index contributed by atoms with van der Waals surface area (Å²) in [6.45, 7) is 2.64. The quantitative estimate of drug-likeness (QED) is 0.725. The molecule has 0 spiro atoms. The zero-order chi connectivity index (χ0) is 21.5. The molecule has 0 aliphatic carbocycles. The van der Waals surface area contributed by atoms with Crippen molar-refractivity contribution in [2.75, 3.05) is 18.4 Å². The fourth-order valence-electron chi connectivity index (χ4n) is 4.34. The van der Waals surface area contributed by atoms with Gasteiger partial charge in [0.2, 0.25) is 0 Å². The van der Waals surface area contributed by atoms with Gasteiger partial charge < -0.3 is 10.2 Å². The fourth-order valence-corrected chi connectivity index (χ4v) is 4.34. The van der Waals surface area contributed by atoms with Crippen molar-refractivity contribution in [1.82, 2.24) is 14.7 Å². The summed E-state index contributed by atoms with van der Waals surface area (Å²) in [6.07, 6.45) is -2.46. The molecule has 0 bridgehead atoms. The molecule has 1 amide bonds. The average Bonchev–Trinajstić information content (AvgIpc) is 3.16. The first-order chi connectivity index (χ1) is 14.3. The number of nitrogens with one attached hydrogen (secondary N) is 1. The number of anilines is 1. The van der Waals surface area contributed by atoms with Crippen LogP contribution in [0, 0.1) is 5.82 Å². The van der Waals surface area contributed by atoms with Gasteiger partial charge in [-0.05, 0) is 37.8 Å². The molecule has 3 heterocycles. The first-order valence-electron chi connectivity index (χ1n) is 10.2. The van der Waals surface area contributed by atoms with E-state index in [0.29, 0.717) is 43.9 Å². The number of likely N-dealkylation sites (tertiary alicyclic amines) is 1. The SMILES string of the molecule is CC[C@@H]1C[C@H](C(F)(F)F)n2nc([C@H]3CCCN(C(=O)c4ccccc4F)C3)cc2N1. The Bertz CT molecular complexity index is 926. The molecular formula is C21H24F4N4O. The minimum Gasteiger partial charge on any atom is -0.367 e. The number of piperidine rings is 1. The highest BCUT2D eigenvalue weighted by Crippen LogP contribution is 2.41. The third-order valence-electron chi connectivity index (χ3n) is 6.01. The van der Waals surface area contributed by atoms with Gasteiger partial charge in [0.05, 0.1) is 11.3 Å². The number of carbonyl (C=O) groups is 1. The van der Waals surface area contributed by atoms with E-state index in [4.69, 9.17) is 0 Å². The highest BCUT2D eigenvalue weighted by atomic mass is 19.4. The lowest BCUT2D eigenvalue weighted by molar-refractivity contribution is -0.173. The zero-order valence-electron chi connectivity index (χ0n) is 16.6. The summed E-state index contributed by atoms with van der Waals surface area (Å²) in [5, 5.41) is 7.44. The highest BCUT2D eigenvalue weighted by molar-refractivity contribution is 5.94. The minimum absolute atomic E-state index is 0.00637. The van der Waals surface area contributed by atoms with Gasteiger partial charge in [-0.1, -0.05) is 19.1 Å². The van der Waals surface area contributed by atoms with E-state index in [1.54, 1.807) is 17.0 Å². The lowest BCUT2D eigenvalue weighted by Gasteiger charge is -2.33. The van der Waals surface area contributed by atoms with Crippen LogP contribution in [0.2, 0.25) is 0 Å². The largest absolute Gasteiger partial charge is 0.410 e. The van der Waals surface area contributed by atoms with Gasteiger partial charge in [0.25, 0.3) is 5.91 Å². The topological polar surface area (TPSA) is 50.2 Å². The maximum Gasteiger partial charge on any atom is 0.410 e. The van der Waals surface area contributed by atoms with Gasteiger partial charge in [-0.2, -0.15) is 18.3 Å². The predicted octanol–water partition coefficient (Wildman–Crippen LogP) is 4.74. The Kier molecular flexibility index (Phi) is 5.46. The molecule has 0 radical (unpaired) electrons. The summed E-state index contributed by atoms with van der Waals surface area (Å²) in [4.78, 5) is 14.3. The van der Waals surface area contributed by atoms with E-state index in [1.165, 1.54) is 18.2 Å². The van der Waals surface area contributed by atoms with E-state index in [0.717, 1.165) is 4.68 Å². The maximum atomic E-state index is 14.0. The molecule has 0 unspecified atom stereocenters. The Morgan fingerprint density at radius 3 is 2.77 bits per heavy atom. The highest BCUT2D eigenvalue weighted by Gasteiger charge is 2.46. The van der Waals surface area contributed by atoms with Gasteiger partial charge in [-0.3, -0.25) is 4.79 Å². The van der Waals surface area contributed by atoms with Crippen LogP contribution in [0.1, 0.15) is 60.6 Å². The molecule has 3 atom stereocenters. The van der Waals surface area contributed by atoms with Gasteiger partial charge in [-0.25, -0.2) is 9.07 Å². The molecule has 2 aromatic rings. The summed E-state index contributed by atoms with van der Waals surface area (Å²) in [5.74, 6) is -0.810. The van der Waals surface area contributed by atoms with E-state index in [1.807, 2.05) is 6.92 Å². The van der Waals surface area contributed by atoms with Crippen LogP contribution in [0.5, 0.6) is 0 Å². The molecule has 30 heavy (non-hydrogen) atoms. The number of nitrogens with zero attached hydrogens (tertiary/aromatic N) is 3. The summed E-state index contributed by atoms with van der Waals surface area (Å²) in [6, 6.07) is 5.56. The normalized spacial score (nSPS) is 24.3. The van der Waals surface area contributed by atoms with Crippen LogP contribution in [0.4, 0.5) is 23.4 Å². The number of aromatic nitrogens is 2. The van der Waals surface area contributed by atoms with Crippen LogP contribution in [0.15, 0.2) is 30.3 Å². The molecule has 162 valence electrons. The monoisotopic (exact) mass is 424 g/mol. The van der Waals surface area contributed by atoms with Crippen LogP contribution in [-0.4, -0.2) is 45.9 Å². The first-order valence-corrected chi connectivity index (χ1v) is 10.2. The Labute approximate surface area is 172 Å². The number of benzene rings is 1. The number of alkyl halides is 3. The lowest BCUT2D eigenvalue weighted by atomic mass is 9.94. The van der Waals surface area contributed by atoms with Crippen LogP contribution >= 0.6 is 0 Å². The summed E-state index contributed by atoms with van der Waals surface area (Å²) in [7, 11) is 0. The Hall–Kier alpha value is -2.58. The number of halogens is 4. The molecule has 2 aliphatic rings. The molecule has 1 fully saturated rings. The second-order valence-electron chi connectivity index (χ2n) is 8.01. The van der Waals surface area contributed by atoms with Crippen molar-refractivity contribution in [2.24, 2.45) is 0 Å². The van der Waals surface area contributed by atoms with E-state index in [9.17, 15) is 22.4 Å². The second-order valence-corrected chi connectivity index (χ2v) is 8.01. The number of fused-ring (bicyclic) bond motifs is 1.